The molecular formula is C16H19N5O. The average Bonchev–Trinajstić information content (AvgIpc) is 2.91. The second kappa shape index (κ2) is 5.21. The summed E-state index contributed by atoms with van der Waals surface area (Å²) in [5.74, 6) is 0.635. The molecule has 1 fully saturated rings. The molecule has 2 N–H and O–H groups in total. The van der Waals surface area contributed by atoms with Gasteiger partial charge >= 0.3 is 0 Å². The quantitative estimate of drug-likeness (QED) is 0.888. The normalized spacial score (nSPS) is 19.1. The van der Waals surface area contributed by atoms with Gasteiger partial charge in [-0.3, -0.25) is 14.7 Å². The maximum atomic E-state index is 13.0. The Kier molecular flexibility index (Phi) is 3.18. The largest absolute Gasteiger partial charge is 0.336 e. The minimum atomic E-state index is -0.186. The molecule has 0 bridgehead atoms. The molecule has 0 aromatic carbocycles. The highest BCUT2D eigenvalue weighted by Gasteiger charge is 2.40. The molecule has 1 aliphatic heterocycles. The third-order valence-corrected chi connectivity index (χ3v) is 4.72. The van der Waals surface area contributed by atoms with E-state index in [1.54, 1.807) is 12.3 Å². The number of pyridine rings is 1. The Balaban J connectivity index is 1.75. The van der Waals surface area contributed by atoms with Gasteiger partial charge in [-0.2, -0.15) is 0 Å². The van der Waals surface area contributed by atoms with E-state index in [4.69, 9.17) is 0 Å². The number of aromatic nitrogens is 3. The summed E-state index contributed by atoms with van der Waals surface area (Å²) in [6.07, 6.45) is 8.77. The van der Waals surface area contributed by atoms with Crippen LogP contribution in [0.3, 0.4) is 0 Å². The molecule has 2 aliphatic rings. The van der Waals surface area contributed by atoms with Crippen molar-refractivity contribution in [2.75, 3.05) is 5.32 Å². The van der Waals surface area contributed by atoms with Crippen LogP contribution in [0.2, 0.25) is 0 Å². The minimum Gasteiger partial charge on any atom is -0.336 e. The monoisotopic (exact) mass is 297 g/mol. The lowest BCUT2D eigenvalue weighted by Gasteiger charge is -2.35. The Labute approximate surface area is 128 Å². The van der Waals surface area contributed by atoms with Crippen LogP contribution in [0.5, 0.6) is 0 Å². The first kappa shape index (κ1) is 13.5. The topological polar surface area (TPSA) is 71.8 Å². The van der Waals surface area contributed by atoms with Gasteiger partial charge in [-0.15, -0.1) is 0 Å². The molecule has 4 rings (SSSR count). The molecule has 1 spiro atoms. The Morgan fingerprint density at radius 2 is 2.05 bits per heavy atom. The van der Waals surface area contributed by atoms with E-state index in [1.807, 2.05) is 16.7 Å². The van der Waals surface area contributed by atoms with Crippen LogP contribution in [-0.2, 0) is 12.2 Å². The third-order valence-electron chi connectivity index (χ3n) is 4.72. The van der Waals surface area contributed by atoms with E-state index in [9.17, 15) is 4.79 Å². The summed E-state index contributed by atoms with van der Waals surface area (Å²) in [7, 11) is 0. The molecule has 6 nitrogen and oxygen atoms in total. The standard InChI is InChI=1S/C16H19N5O/c22-15-13(20-14-6-9-17-11-18-14)5-4-12-10-19-16(21(12)15)7-2-1-3-8-16/h4-6,9,11,19H,1-3,7-8,10H2,(H,17,18,20). The zero-order valence-electron chi connectivity index (χ0n) is 12.4. The first-order valence-corrected chi connectivity index (χ1v) is 7.82. The van der Waals surface area contributed by atoms with Crippen LogP contribution in [0.1, 0.15) is 37.8 Å². The SMILES string of the molecule is O=c1c(Nc2ccncn2)ccc2n1C1(CCCCC1)NC2. The summed E-state index contributed by atoms with van der Waals surface area (Å²) in [6.45, 7) is 0.767. The lowest BCUT2D eigenvalue weighted by atomic mass is 9.89. The van der Waals surface area contributed by atoms with Gasteiger partial charge < -0.3 is 5.32 Å². The summed E-state index contributed by atoms with van der Waals surface area (Å²) in [6, 6.07) is 5.63. The molecule has 1 saturated carbocycles. The van der Waals surface area contributed by atoms with Crippen LogP contribution >= 0.6 is 0 Å². The number of hydrogen-bond donors (Lipinski definition) is 2. The van der Waals surface area contributed by atoms with Crippen molar-refractivity contribution in [3.05, 3.63) is 46.8 Å². The van der Waals surface area contributed by atoms with Gasteiger partial charge in [0.05, 0.1) is 5.66 Å². The zero-order chi connectivity index (χ0) is 15.0. The van der Waals surface area contributed by atoms with Crippen LogP contribution in [0.15, 0.2) is 35.5 Å². The van der Waals surface area contributed by atoms with Gasteiger partial charge in [0.2, 0.25) is 0 Å². The lowest BCUT2D eigenvalue weighted by Crippen LogP contribution is -2.47. The number of rotatable bonds is 2. The molecule has 0 amide bonds. The van der Waals surface area contributed by atoms with Gasteiger partial charge in [-0.05, 0) is 43.9 Å². The van der Waals surface area contributed by atoms with Crippen molar-refractivity contribution in [3.63, 3.8) is 0 Å². The molecule has 2 aromatic rings. The van der Waals surface area contributed by atoms with Crippen LogP contribution < -0.4 is 16.2 Å². The van der Waals surface area contributed by atoms with Crippen LogP contribution in [0, 0.1) is 0 Å². The molecule has 0 radical (unpaired) electrons. The molecule has 6 heteroatoms. The van der Waals surface area contributed by atoms with Crippen molar-refractivity contribution < 1.29 is 0 Å². The van der Waals surface area contributed by atoms with Gasteiger partial charge in [-0.25, -0.2) is 9.97 Å². The summed E-state index contributed by atoms with van der Waals surface area (Å²) in [5, 5.41) is 6.69. The predicted octanol–water partition coefficient (Wildman–Crippen LogP) is 2.10. The fourth-order valence-corrected chi connectivity index (χ4v) is 3.65. The Morgan fingerprint density at radius 3 is 2.82 bits per heavy atom. The first-order valence-electron chi connectivity index (χ1n) is 7.82. The fourth-order valence-electron chi connectivity index (χ4n) is 3.65. The number of fused-ring (bicyclic) bond motifs is 2. The van der Waals surface area contributed by atoms with Crippen molar-refractivity contribution in [1.82, 2.24) is 19.9 Å². The van der Waals surface area contributed by atoms with E-state index in [2.05, 4.69) is 20.6 Å². The number of anilines is 2. The van der Waals surface area contributed by atoms with E-state index < -0.39 is 0 Å². The second-order valence-corrected chi connectivity index (χ2v) is 6.04. The Bertz CT molecular complexity index is 728. The smallest absolute Gasteiger partial charge is 0.276 e. The van der Waals surface area contributed by atoms with Gasteiger partial charge in [0, 0.05) is 18.4 Å². The highest BCUT2D eigenvalue weighted by Crippen LogP contribution is 2.36. The molecular weight excluding hydrogens is 278 g/mol. The average molecular weight is 297 g/mol. The van der Waals surface area contributed by atoms with Gasteiger partial charge in [0.15, 0.2) is 0 Å². The van der Waals surface area contributed by atoms with Crippen molar-refractivity contribution in [1.29, 1.82) is 0 Å². The summed E-state index contributed by atoms with van der Waals surface area (Å²) in [4.78, 5) is 21.0. The molecule has 114 valence electrons. The zero-order valence-corrected chi connectivity index (χ0v) is 12.4. The van der Waals surface area contributed by atoms with Gasteiger partial charge in [0.25, 0.3) is 5.56 Å². The van der Waals surface area contributed by atoms with E-state index in [0.717, 1.165) is 25.1 Å². The summed E-state index contributed by atoms with van der Waals surface area (Å²) in [5.41, 5.74) is 1.48. The number of nitrogens with zero attached hydrogens (tertiary/aromatic N) is 3. The molecule has 1 aliphatic carbocycles. The molecule has 2 aromatic heterocycles. The van der Waals surface area contributed by atoms with E-state index in [1.165, 1.54) is 25.6 Å². The number of hydrogen-bond acceptors (Lipinski definition) is 5. The van der Waals surface area contributed by atoms with Crippen LogP contribution in [0.25, 0.3) is 0 Å². The molecule has 0 unspecified atom stereocenters. The second-order valence-electron chi connectivity index (χ2n) is 6.04. The highest BCUT2D eigenvalue weighted by molar-refractivity contribution is 5.54. The fraction of sp³-hybridized carbons (Fsp3) is 0.438. The van der Waals surface area contributed by atoms with Crippen molar-refractivity contribution in [3.8, 4) is 0 Å². The Morgan fingerprint density at radius 1 is 1.18 bits per heavy atom. The number of nitrogens with one attached hydrogen (secondary N) is 2. The molecule has 3 heterocycles. The minimum absolute atomic E-state index is 0.0306. The van der Waals surface area contributed by atoms with E-state index >= 15 is 0 Å². The van der Waals surface area contributed by atoms with Crippen LogP contribution in [-0.4, -0.2) is 14.5 Å². The maximum absolute atomic E-state index is 13.0. The van der Waals surface area contributed by atoms with Crippen LogP contribution in [0.4, 0.5) is 11.5 Å². The predicted molar refractivity (Wildman–Crippen MR) is 83.9 cm³/mol. The maximum Gasteiger partial charge on any atom is 0.276 e. The third kappa shape index (κ3) is 2.11. The van der Waals surface area contributed by atoms with Gasteiger partial charge in [-0.1, -0.05) is 6.42 Å². The van der Waals surface area contributed by atoms with Crippen molar-refractivity contribution in [2.45, 2.75) is 44.3 Å². The molecule has 22 heavy (non-hydrogen) atoms. The lowest BCUT2D eigenvalue weighted by molar-refractivity contribution is 0.165. The van der Waals surface area contributed by atoms with Crippen molar-refractivity contribution >= 4 is 11.5 Å². The van der Waals surface area contributed by atoms with Crippen molar-refractivity contribution in [2.24, 2.45) is 0 Å². The Hall–Kier alpha value is -2.21. The van der Waals surface area contributed by atoms with Gasteiger partial charge in [0.1, 0.15) is 17.8 Å². The van der Waals surface area contributed by atoms with E-state index in [-0.39, 0.29) is 11.2 Å². The highest BCUT2D eigenvalue weighted by atomic mass is 16.1. The summed E-state index contributed by atoms with van der Waals surface area (Å²) < 4.78 is 1.97. The first-order chi connectivity index (χ1) is 10.8. The molecule has 0 saturated heterocycles. The summed E-state index contributed by atoms with van der Waals surface area (Å²) >= 11 is 0. The van der Waals surface area contributed by atoms with E-state index in [0.29, 0.717) is 11.5 Å². The molecule has 0 atom stereocenters.